The molecule has 0 aromatic rings. The minimum atomic E-state index is -4.96. The second-order valence-corrected chi connectivity index (χ2v) is 34.2. The Morgan fingerprint density at radius 1 is 0.275 bits per heavy atom. The van der Waals surface area contributed by atoms with Gasteiger partial charge in [-0.2, -0.15) is 0 Å². The minimum Gasteiger partial charge on any atom is -0.462 e. The highest BCUT2D eigenvalue weighted by Crippen LogP contribution is 2.45. The second-order valence-electron chi connectivity index (χ2n) is 31.3. The highest BCUT2D eigenvalue weighted by molar-refractivity contribution is 7.47. The third kappa shape index (κ3) is 73.6. The van der Waals surface area contributed by atoms with Gasteiger partial charge in [-0.05, 0) is 49.4 Å². The molecule has 102 heavy (non-hydrogen) atoms. The summed E-state index contributed by atoms with van der Waals surface area (Å²) >= 11 is 0. The normalized spacial score (nSPS) is 14.5. The van der Waals surface area contributed by atoms with Crippen molar-refractivity contribution in [2.24, 2.45) is 23.7 Å². The number of hydrogen-bond acceptors (Lipinski definition) is 15. The lowest BCUT2D eigenvalue weighted by Gasteiger charge is -2.21. The van der Waals surface area contributed by atoms with Crippen molar-refractivity contribution in [2.45, 2.75) is 446 Å². The molecule has 606 valence electrons. The van der Waals surface area contributed by atoms with Crippen LogP contribution in [0.4, 0.5) is 0 Å². The molecule has 0 aromatic carbocycles. The number of rotatable bonds is 80. The summed E-state index contributed by atoms with van der Waals surface area (Å²) in [6, 6.07) is 0. The number of carbonyl (C=O) groups excluding carboxylic acids is 4. The van der Waals surface area contributed by atoms with E-state index < -0.39 is 97.5 Å². The highest BCUT2D eigenvalue weighted by atomic mass is 31.2. The van der Waals surface area contributed by atoms with Crippen molar-refractivity contribution in [2.75, 3.05) is 39.6 Å². The number of ether oxygens (including phenoxy) is 4. The summed E-state index contributed by atoms with van der Waals surface area (Å²) in [7, 11) is -9.93. The summed E-state index contributed by atoms with van der Waals surface area (Å²) < 4.78 is 68.8. The van der Waals surface area contributed by atoms with Crippen LogP contribution in [0.15, 0.2) is 0 Å². The molecule has 0 spiro atoms. The number of phosphoric ester groups is 2. The fourth-order valence-electron chi connectivity index (χ4n) is 12.7. The van der Waals surface area contributed by atoms with Crippen molar-refractivity contribution in [1.29, 1.82) is 0 Å². The lowest BCUT2D eigenvalue weighted by molar-refractivity contribution is -0.161. The molecule has 7 atom stereocenters. The standard InChI is InChI=1S/C83H162O17P2/c1-9-75(7)61-53-45-37-31-27-28-32-38-47-55-63-80(85)93-69-78(99-82(87)65-57-49-39-33-25-21-16-14-12-11-13-15-19-23-29-35-43-51-59-73(3)4)71-97-101(89,90)95-67-77(84)68-96-102(91,92)98-72-79(70-94-81(86)64-56-48-42-41-46-54-62-76(8)10-2)100-83(88)66-58-50-40-34-26-22-18-17-20-24-30-36-44-52-60-74(5)6/h73-79,84H,9-72H2,1-8H3,(H,89,90)(H,91,92)/t75?,76?,77-,78-,79-/m1/s1. The zero-order valence-electron chi connectivity index (χ0n) is 67.2. The first-order valence-electron chi connectivity index (χ1n) is 42.8. The molecule has 4 unspecified atom stereocenters. The number of aliphatic hydroxyl groups is 1. The van der Waals surface area contributed by atoms with Gasteiger partial charge >= 0.3 is 39.5 Å². The van der Waals surface area contributed by atoms with Crippen LogP contribution in [0.3, 0.4) is 0 Å². The third-order valence-corrected chi connectivity index (χ3v) is 21.9. The molecule has 0 rings (SSSR count). The summed E-state index contributed by atoms with van der Waals surface area (Å²) in [6.07, 6.45) is 59.7. The zero-order chi connectivity index (χ0) is 75.3. The number of unbranched alkanes of at least 4 members (excludes halogenated alkanes) is 44. The van der Waals surface area contributed by atoms with E-state index in [1.165, 1.54) is 225 Å². The van der Waals surface area contributed by atoms with Gasteiger partial charge in [0.2, 0.25) is 0 Å². The maximum atomic E-state index is 13.1. The molecule has 0 amide bonds. The summed E-state index contributed by atoms with van der Waals surface area (Å²) in [4.78, 5) is 73.1. The maximum absolute atomic E-state index is 13.1. The van der Waals surface area contributed by atoms with Gasteiger partial charge in [0.25, 0.3) is 0 Å². The Morgan fingerprint density at radius 3 is 0.696 bits per heavy atom. The van der Waals surface area contributed by atoms with Gasteiger partial charge in [-0.3, -0.25) is 37.3 Å². The fraction of sp³-hybridized carbons (Fsp3) is 0.952. The number of carbonyl (C=O) groups is 4. The second kappa shape index (κ2) is 72.0. The Hall–Kier alpha value is -1.94. The largest absolute Gasteiger partial charge is 0.472 e. The van der Waals surface area contributed by atoms with Crippen LogP contribution in [0.2, 0.25) is 0 Å². The molecule has 0 aliphatic rings. The molecule has 0 aromatic heterocycles. The Kier molecular flexibility index (Phi) is 70.6. The van der Waals surface area contributed by atoms with E-state index in [1.54, 1.807) is 0 Å². The molecule has 0 saturated heterocycles. The van der Waals surface area contributed by atoms with Crippen LogP contribution in [0, 0.1) is 23.7 Å². The van der Waals surface area contributed by atoms with Crippen LogP contribution in [0.25, 0.3) is 0 Å². The molecule has 0 saturated carbocycles. The predicted molar refractivity (Wildman–Crippen MR) is 418 cm³/mol. The molecular formula is C83H162O17P2. The van der Waals surface area contributed by atoms with Crippen LogP contribution in [0.1, 0.15) is 428 Å². The third-order valence-electron chi connectivity index (χ3n) is 20.0. The first-order chi connectivity index (χ1) is 49.2. The van der Waals surface area contributed by atoms with Crippen molar-refractivity contribution in [3.8, 4) is 0 Å². The highest BCUT2D eigenvalue weighted by Gasteiger charge is 2.30. The van der Waals surface area contributed by atoms with Gasteiger partial charge in [0.15, 0.2) is 12.2 Å². The quantitative estimate of drug-likeness (QED) is 0.0222. The van der Waals surface area contributed by atoms with Crippen molar-refractivity contribution in [3.05, 3.63) is 0 Å². The van der Waals surface area contributed by atoms with Gasteiger partial charge < -0.3 is 33.8 Å². The average molecular weight is 1490 g/mol. The number of hydrogen-bond donors (Lipinski definition) is 3. The molecule has 17 nitrogen and oxygen atoms in total. The van der Waals surface area contributed by atoms with Gasteiger partial charge in [0.1, 0.15) is 19.3 Å². The number of phosphoric acid groups is 2. The van der Waals surface area contributed by atoms with Crippen molar-refractivity contribution in [1.82, 2.24) is 0 Å². The molecule has 0 fully saturated rings. The molecule has 0 heterocycles. The molecule has 19 heteroatoms. The Balaban J connectivity index is 5.23. The van der Waals surface area contributed by atoms with Crippen LogP contribution in [-0.4, -0.2) is 96.7 Å². The summed E-state index contributed by atoms with van der Waals surface area (Å²) in [6.45, 7) is 14.3. The van der Waals surface area contributed by atoms with Crippen LogP contribution in [-0.2, 0) is 65.4 Å². The van der Waals surface area contributed by atoms with E-state index in [9.17, 15) is 43.2 Å². The van der Waals surface area contributed by atoms with E-state index >= 15 is 0 Å². The molecular weight excluding hydrogens is 1330 g/mol. The average Bonchev–Trinajstić information content (AvgIpc) is 0.911. The maximum Gasteiger partial charge on any atom is 0.472 e. The summed E-state index contributed by atoms with van der Waals surface area (Å²) in [5.41, 5.74) is 0. The first kappa shape index (κ1) is 100. The lowest BCUT2D eigenvalue weighted by Crippen LogP contribution is -2.30. The topological polar surface area (TPSA) is 237 Å². The molecule has 0 aliphatic carbocycles. The Bertz CT molecular complexity index is 1990. The number of aliphatic hydroxyl groups excluding tert-OH is 1. The van der Waals surface area contributed by atoms with E-state index in [1.807, 2.05) is 0 Å². The minimum absolute atomic E-state index is 0.106. The molecule has 3 N–H and O–H groups in total. The lowest BCUT2D eigenvalue weighted by atomic mass is 9.99. The Morgan fingerprint density at radius 2 is 0.471 bits per heavy atom. The van der Waals surface area contributed by atoms with Gasteiger partial charge in [-0.1, -0.05) is 376 Å². The molecule has 0 aliphatic heterocycles. The van der Waals surface area contributed by atoms with E-state index in [4.69, 9.17) is 37.0 Å². The van der Waals surface area contributed by atoms with E-state index in [2.05, 4.69) is 55.4 Å². The zero-order valence-corrected chi connectivity index (χ0v) is 69.0. The molecule has 0 bridgehead atoms. The fourth-order valence-corrected chi connectivity index (χ4v) is 14.3. The first-order valence-corrected chi connectivity index (χ1v) is 45.8. The van der Waals surface area contributed by atoms with E-state index in [-0.39, 0.29) is 25.7 Å². The van der Waals surface area contributed by atoms with E-state index in [0.717, 1.165) is 120 Å². The number of esters is 4. The van der Waals surface area contributed by atoms with E-state index in [0.29, 0.717) is 25.7 Å². The van der Waals surface area contributed by atoms with Crippen molar-refractivity contribution in [3.63, 3.8) is 0 Å². The van der Waals surface area contributed by atoms with Crippen LogP contribution >= 0.6 is 15.6 Å². The smallest absolute Gasteiger partial charge is 0.462 e. The molecule has 0 radical (unpaired) electrons. The predicted octanol–water partition coefficient (Wildman–Crippen LogP) is 24.8. The van der Waals surface area contributed by atoms with Crippen molar-refractivity contribution >= 4 is 39.5 Å². The summed E-state index contributed by atoms with van der Waals surface area (Å²) in [5.74, 6) is 1.04. The van der Waals surface area contributed by atoms with Gasteiger partial charge in [0, 0.05) is 25.7 Å². The van der Waals surface area contributed by atoms with Gasteiger partial charge in [0.05, 0.1) is 26.4 Å². The Labute approximate surface area is 626 Å². The monoisotopic (exact) mass is 1490 g/mol. The van der Waals surface area contributed by atoms with Crippen molar-refractivity contribution < 1.29 is 80.2 Å². The SMILES string of the molecule is CCC(C)CCCCCCCCCCCCC(=O)OC[C@H](COP(=O)(O)OC[C@@H](O)COP(=O)(O)OC[C@@H](COC(=O)CCCCCCCCC(C)CC)OC(=O)CCCCCCCCCCCCCCCCC(C)C)OC(=O)CCCCCCCCCCCCCCCCCCCCC(C)C. The van der Waals surface area contributed by atoms with Crippen LogP contribution in [0.5, 0.6) is 0 Å². The van der Waals surface area contributed by atoms with Gasteiger partial charge in [-0.15, -0.1) is 0 Å². The van der Waals surface area contributed by atoms with Crippen LogP contribution < -0.4 is 0 Å². The van der Waals surface area contributed by atoms with Gasteiger partial charge in [-0.25, -0.2) is 9.13 Å². The summed E-state index contributed by atoms with van der Waals surface area (Å²) in [5, 5.41) is 10.7.